The van der Waals surface area contributed by atoms with Crippen molar-refractivity contribution in [2.24, 2.45) is 0 Å². The normalized spacial score (nSPS) is 13.2. The van der Waals surface area contributed by atoms with Crippen LogP contribution in [0.2, 0.25) is 0 Å². The summed E-state index contributed by atoms with van der Waals surface area (Å²) in [5, 5.41) is 0. The molecule has 0 atom stereocenters. The van der Waals surface area contributed by atoms with Gasteiger partial charge in [0.15, 0.2) is 0 Å². The number of halogens is 1. The first kappa shape index (κ1) is 15.0. The standard InChI is InChI=1S/C18H14FNO3/c1-12-15-4-2-3-5-16(15)18(22)20(12)10-17(21)23-11-13-6-8-14(19)9-7-13/h2-9H,1,10-11H2. The lowest BCUT2D eigenvalue weighted by atomic mass is 10.1. The zero-order chi connectivity index (χ0) is 16.4. The Hall–Kier alpha value is -2.95. The Labute approximate surface area is 132 Å². The number of rotatable bonds is 4. The Morgan fingerprint density at radius 2 is 1.74 bits per heavy atom. The Kier molecular flexibility index (Phi) is 3.93. The minimum atomic E-state index is -0.545. The van der Waals surface area contributed by atoms with E-state index >= 15 is 0 Å². The molecule has 4 nitrogen and oxygen atoms in total. The van der Waals surface area contributed by atoms with Gasteiger partial charge in [0.1, 0.15) is 19.0 Å². The minimum absolute atomic E-state index is 0.0283. The molecule has 2 aromatic rings. The summed E-state index contributed by atoms with van der Waals surface area (Å²) in [5.74, 6) is -1.15. The summed E-state index contributed by atoms with van der Waals surface area (Å²) in [5.41, 5.74) is 2.42. The molecular weight excluding hydrogens is 297 g/mol. The molecular formula is C18H14FNO3. The van der Waals surface area contributed by atoms with Crippen LogP contribution in [-0.2, 0) is 16.1 Å². The number of amides is 1. The number of ether oxygens (including phenoxy) is 1. The molecule has 0 unspecified atom stereocenters. The van der Waals surface area contributed by atoms with Crippen LogP contribution < -0.4 is 0 Å². The number of hydrogen-bond acceptors (Lipinski definition) is 3. The molecule has 23 heavy (non-hydrogen) atoms. The number of carbonyl (C=O) groups excluding carboxylic acids is 2. The third-order valence-corrected chi connectivity index (χ3v) is 3.64. The molecule has 2 aromatic carbocycles. The Balaban J connectivity index is 1.62. The van der Waals surface area contributed by atoms with Gasteiger partial charge in [0.05, 0.1) is 0 Å². The van der Waals surface area contributed by atoms with E-state index in [9.17, 15) is 14.0 Å². The summed E-state index contributed by atoms with van der Waals surface area (Å²) in [4.78, 5) is 25.5. The lowest BCUT2D eigenvalue weighted by Crippen LogP contribution is -2.30. The van der Waals surface area contributed by atoms with E-state index in [1.807, 2.05) is 6.07 Å². The van der Waals surface area contributed by atoms with Crippen LogP contribution in [0.15, 0.2) is 55.1 Å². The summed E-state index contributed by atoms with van der Waals surface area (Å²) < 4.78 is 17.9. The maximum Gasteiger partial charge on any atom is 0.326 e. The van der Waals surface area contributed by atoms with Crippen LogP contribution in [0, 0.1) is 5.82 Å². The van der Waals surface area contributed by atoms with Crippen molar-refractivity contribution < 1.29 is 18.7 Å². The van der Waals surface area contributed by atoms with Crippen molar-refractivity contribution in [3.8, 4) is 0 Å². The van der Waals surface area contributed by atoms with Gasteiger partial charge in [0, 0.05) is 16.8 Å². The zero-order valence-electron chi connectivity index (χ0n) is 12.3. The predicted octanol–water partition coefficient (Wildman–Crippen LogP) is 3.00. The van der Waals surface area contributed by atoms with Gasteiger partial charge in [-0.05, 0) is 23.8 Å². The predicted molar refractivity (Wildman–Crippen MR) is 82.7 cm³/mol. The van der Waals surface area contributed by atoms with Crippen molar-refractivity contribution in [3.05, 3.63) is 77.6 Å². The molecule has 116 valence electrons. The molecule has 1 aliphatic heterocycles. The topological polar surface area (TPSA) is 46.6 Å². The minimum Gasteiger partial charge on any atom is -0.459 e. The van der Waals surface area contributed by atoms with Crippen molar-refractivity contribution in [1.82, 2.24) is 4.90 Å². The number of hydrogen-bond donors (Lipinski definition) is 0. The van der Waals surface area contributed by atoms with E-state index in [1.54, 1.807) is 30.3 Å². The maximum absolute atomic E-state index is 12.8. The van der Waals surface area contributed by atoms with Gasteiger partial charge in [0.2, 0.25) is 0 Å². The van der Waals surface area contributed by atoms with Crippen LogP contribution >= 0.6 is 0 Å². The average molecular weight is 311 g/mol. The van der Waals surface area contributed by atoms with Crippen LogP contribution in [0.25, 0.3) is 5.70 Å². The van der Waals surface area contributed by atoms with Crippen LogP contribution in [0.4, 0.5) is 4.39 Å². The highest BCUT2D eigenvalue weighted by atomic mass is 19.1. The molecule has 5 heteroatoms. The fourth-order valence-corrected chi connectivity index (χ4v) is 2.42. The van der Waals surface area contributed by atoms with Crippen molar-refractivity contribution in [3.63, 3.8) is 0 Å². The first-order valence-corrected chi connectivity index (χ1v) is 7.06. The SMILES string of the molecule is C=C1c2ccccc2C(=O)N1CC(=O)OCc1ccc(F)cc1. The molecule has 0 aliphatic carbocycles. The van der Waals surface area contributed by atoms with Gasteiger partial charge in [-0.3, -0.25) is 14.5 Å². The second-order valence-electron chi connectivity index (χ2n) is 5.17. The molecule has 0 saturated carbocycles. The van der Waals surface area contributed by atoms with Gasteiger partial charge in [-0.15, -0.1) is 0 Å². The molecule has 1 aliphatic rings. The number of benzene rings is 2. The molecule has 1 heterocycles. The Bertz CT molecular complexity index is 748. The van der Waals surface area contributed by atoms with E-state index in [1.165, 1.54) is 17.0 Å². The fourth-order valence-electron chi connectivity index (χ4n) is 2.42. The number of fused-ring (bicyclic) bond motifs is 1. The van der Waals surface area contributed by atoms with Crippen molar-refractivity contribution in [1.29, 1.82) is 0 Å². The van der Waals surface area contributed by atoms with E-state index in [0.717, 1.165) is 5.56 Å². The smallest absolute Gasteiger partial charge is 0.326 e. The Morgan fingerprint density at radius 1 is 1.09 bits per heavy atom. The van der Waals surface area contributed by atoms with Gasteiger partial charge in [-0.2, -0.15) is 0 Å². The molecule has 0 aromatic heterocycles. The van der Waals surface area contributed by atoms with Gasteiger partial charge in [-0.25, -0.2) is 4.39 Å². The largest absolute Gasteiger partial charge is 0.459 e. The van der Waals surface area contributed by atoms with Gasteiger partial charge in [-0.1, -0.05) is 36.9 Å². The quantitative estimate of drug-likeness (QED) is 0.816. The third kappa shape index (κ3) is 2.99. The highest BCUT2D eigenvalue weighted by molar-refractivity contribution is 6.10. The molecule has 3 rings (SSSR count). The van der Waals surface area contributed by atoms with E-state index in [4.69, 9.17) is 4.74 Å². The van der Waals surface area contributed by atoms with Gasteiger partial charge >= 0.3 is 5.97 Å². The van der Waals surface area contributed by atoms with E-state index in [2.05, 4.69) is 6.58 Å². The lowest BCUT2D eigenvalue weighted by Gasteiger charge is -2.16. The summed E-state index contributed by atoms with van der Waals surface area (Å²) in [6.07, 6.45) is 0. The first-order chi connectivity index (χ1) is 11.1. The number of carbonyl (C=O) groups is 2. The van der Waals surface area contributed by atoms with Crippen molar-refractivity contribution in [2.45, 2.75) is 6.61 Å². The van der Waals surface area contributed by atoms with Gasteiger partial charge in [0.25, 0.3) is 5.91 Å². The van der Waals surface area contributed by atoms with Crippen molar-refractivity contribution >= 4 is 17.6 Å². The van der Waals surface area contributed by atoms with Crippen LogP contribution in [-0.4, -0.2) is 23.3 Å². The van der Waals surface area contributed by atoms with E-state index < -0.39 is 5.97 Å². The zero-order valence-corrected chi connectivity index (χ0v) is 12.3. The summed E-state index contributed by atoms with van der Waals surface area (Å²) in [6.45, 7) is 3.69. The highest BCUT2D eigenvalue weighted by Crippen LogP contribution is 2.30. The molecule has 0 radical (unpaired) electrons. The summed E-state index contributed by atoms with van der Waals surface area (Å²) in [6, 6.07) is 12.7. The fraction of sp³-hybridized carbons (Fsp3) is 0.111. The summed E-state index contributed by atoms with van der Waals surface area (Å²) >= 11 is 0. The highest BCUT2D eigenvalue weighted by Gasteiger charge is 2.32. The Morgan fingerprint density at radius 3 is 2.39 bits per heavy atom. The molecule has 0 bridgehead atoms. The number of esters is 1. The molecule has 0 spiro atoms. The third-order valence-electron chi connectivity index (χ3n) is 3.64. The molecule has 0 fully saturated rings. The van der Waals surface area contributed by atoms with Crippen LogP contribution in [0.1, 0.15) is 21.5 Å². The second kappa shape index (κ2) is 6.04. The van der Waals surface area contributed by atoms with Crippen molar-refractivity contribution in [2.75, 3.05) is 6.54 Å². The van der Waals surface area contributed by atoms with E-state index in [-0.39, 0.29) is 24.9 Å². The summed E-state index contributed by atoms with van der Waals surface area (Å²) in [7, 11) is 0. The molecule has 0 N–H and O–H groups in total. The van der Waals surface area contributed by atoms with Crippen LogP contribution in [0.3, 0.4) is 0 Å². The van der Waals surface area contributed by atoms with Crippen LogP contribution in [0.5, 0.6) is 0 Å². The second-order valence-corrected chi connectivity index (χ2v) is 5.17. The average Bonchev–Trinajstić information content (AvgIpc) is 2.80. The molecule has 0 saturated heterocycles. The van der Waals surface area contributed by atoms with Gasteiger partial charge < -0.3 is 4.74 Å². The number of nitrogens with zero attached hydrogens (tertiary/aromatic N) is 1. The maximum atomic E-state index is 12.8. The molecule has 1 amide bonds. The van der Waals surface area contributed by atoms with E-state index in [0.29, 0.717) is 16.8 Å². The monoisotopic (exact) mass is 311 g/mol. The first-order valence-electron chi connectivity index (χ1n) is 7.06. The lowest BCUT2D eigenvalue weighted by molar-refractivity contribution is -0.145.